The van der Waals surface area contributed by atoms with Gasteiger partial charge in [0.15, 0.2) is 0 Å². The molecule has 2 aromatic rings. The van der Waals surface area contributed by atoms with E-state index >= 15 is 0 Å². The number of nitrogens with one attached hydrogen (secondary N) is 2. The van der Waals surface area contributed by atoms with Crippen molar-refractivity contribution in [2.45, 2.75) is 30.4 Å². The van der Waals surface area contributed by atoms with Crippen LogP contribution in [0.3, 0.4) is 0 Å². The highest BCUT2D eigenvalue weighted by Gasteiger charge is 2.23. The highest BCUT2D eigenvalue weighted by molar-refractivity contribution is 7.99. The third kappa shape index (κ3) is 5.07. The summed E-state index contributed by atoms with van der Waals surface area (Å²) in [5, 5.41) is 6.73. The monoisotopic (exact) mass is 412 g/mol. The van der Waals surface area contributed by atoms with Crippen molar-refractivity contribution in [3.63, 3.8) is 0 Å². The van der Waals surface area contributed by atoms with Crippen molar-refractivity contribution in [2.75, 3.05) is 35.7 Å². The van der Waals surface area contributed by atoms with Crippen LogP contribution in [-0.2, 0) is 16.0 Å². The molecule has 0 spiro atoms. The van der Waals surface area contributed by atoms with E-state index in [0.29, 0.717) is 25.2 Å². The third-order valence-electron chi connectivity index (χ3n) is 4.96. The molecule has 1 aromatic heterocycles. The number of aromatic nitrogens is 1. The number of amides is 3. The second-order valence-corrected chi connectivity index (χ2v) is 8.15. The molecule has 2 aliphatic heterocycles. The SMILES string of the molecule is O=C(Cc1ccc(NC(=O)N2CCSc3ncccc32)cc1)NC[C@H]1CCCO1. The maximum absolute atomic E-state index is 12.7. The summed E-state index contributed by atoms with van der Waals surface area (Å²) in [6.07, 6.45) is 4.26. The Hall–Kier alpha value is -2.58. The van der Waals surface area contributed by atoms with Gasteiger partial charge in [0.1, 0.15) is 5.03 Å². The molecule has 0 aliphatic carbocycles. The lowest BCUT2D eigenvalue weighted by Gasteiger charge is -2.28. The smallest absolute Gasteiger partial charge is 0.326 e. The Bertz CT molecular complexity index is 868. The zero-order chi connectivity index (χ0) is 20.1. The molecule has 2 aliphatic rings. The van der Waals surface area contributed by atoms with Crippen molar-refractivity contribution in [3.8, 4) is 0 Å². The molecule has 0 saturated carbocycles. The first-order valence-electron chi connectivity index (χ1n) is 9.82. The number of carbonyl (C=O) groups excluding carboxylic acids is 2. The minimum Gasteiger partial charge on any atom is -0.376 e. The molecular formula is C21H24N4O3S. The largest absolute Gasteiger partial charge is 0.376 e. The van der Waals surface area contributed by atoms with E-state index in [2.05, 4.69) is 15.6 Å². The maximum atomic E-state index is 12.7. The van der Waals surface area contributed by atoms with Crippen LogP contribution in [0.5, 0.6) is 0 Å². The third-order valence-corrected chi connectivity index (χ3v) is 5.94. The average molecular weight is 413 g/mol. The van der Waals surface area contributed by atoms with E-state index in [0.717, 1.165) is 41.5 Å². The van der Waals surface area contributed by atoms with E-state index in [1.165, 1.54) is 0 Å². The fourth-order valence-electron chi connectivity index (χ4n) is 3.44. The second-order valence-electron chi connectivity index (χ2n) is 7.07. The van der Waals surface area contributed by atoms with Gasteiger partial charge in [0.2, 0.25) is 5.91 Å². The van der Waals surface area contributed by atoms with Crippen molar-refractivity contribution >= 4 is 35.1 Å². The Morgan fingerprint density at radius 2 is 2.10 bits per heavy atom. The molecule has 0 radical (unpaired) electrons. The van der Waals surface area contributed by atoms with Gasteiger partial charge in [-0.3, -0.25) is 9.69 Å². The number of nitrogens with zero attached hydrogens (tertiary/aromatic N) is 2. The number of rotatable bonds is 5. The number of hydrogen-bond acceptors (Lipinski definition) is 5. The number of anilines is 2. The second kappa shape index (κ2) is 9.28. The molecule has 3 heterocycles. The Balaban J connectivity index is 1.30. The Morgan fingerprint density at radius 1 is 1.24 bits per heavy atom. The molecule has 2 N–H and O–H groups in total. The van der Waals surface area contributed by atoms with Gasteiger partial charge in [0.25, 0.3) is 0 Å². The summed E-state index contributed by atoms with van der Waals surface area (Å²) in [4.78, 5) is 30.9. The molecular weight excluding hydrogens is 388 g/mol. The van der Waals surface area contributed by atoms with Gasteiger partial charge in [-0.1, -0.05) is 12.1 Å². The summed E-state index contributed by atoms with van der Waals surface area (Å²) >= 11 is 1.66. The number of benzene rings is 1. The summed E-state index contributed by atoms with van der Waals surface area (Å²) in [6, 6.07) is 10.9. The summed E-state index contributed by atoms with van der Waals surface area (Å²) in [5.41, 5.74) is 2.43. The normalized spacial score (nSPS) is 18.2. The molecule has 7 nitrogen and oxygen atoms in total. The molecule has 0 unspecified atom stereocenters. The van der Waals surface area contributed by atoms with Crippen LogP contribution in [-0.4, -0.2) is 48.5 Å². The number of hydrogen-bond donors (Lipinski definition) is 2. The molecule has 152 valence electrons. The first kappa shape index (κ1) is 19.7. The number of ether oxygens (including phenoxy) is 1. The highest BCUT2D eigenvalue weighted by atomic mass is 32.2. The molecule has 1 aromatic carbocycles. The predicted octanol–water partition coefficient (Wildman–Crippen LogP) is 3.06. The van der Waals surface area contributed by atoms with Crippen molar-refractivity contribution in [1.82, 2.24) is 10.3 Å². The first-order valence-corrected chi connectivity index (χ1v) is 10.8. The molecule has 1 fully saturated rings. The molecule has 4 rings (SSSR count). The van der Waals surface area contributed by atoms with Crippen molar-refractivity contribution in [2.24, 2.45) is 0 Å². The van der Waals surface area contributed by atoms with Crippen LogP contribution in [0.4, 0.5) is 16.2 Å². The number of urea groups is 1. The predicted molar refractivity (Wildman–Crippen MR) is 113 cm³/mol. The van der Waals surface area contributed by atoms with Crippen LogP contribution >= 0.6 is 11.8 Å². The van der Waals surface area contributed by atoms with E-state index in [4.69, 9.17) is 4.74 Å². The number of pyridine rings is 1. The van der Waals surface area contributed by atoms with Crippen molar-refractivity contribution < 1.29 is 14.3 Å². The average Bonchev–Trinajstić information content (AvgIpc) is 3.27. The lowest BCUT2D eigenvalue weighted by atomic mass is 10.1. The minimum absolute atomic E-state index is 0.0211. The lowest BCUT2D eigenvalue weighted by Crippen LogP contribution is -2.38. The zero-order valence-corrected chi connectivity index (χ0v) is 16.9. The Morgan fingerprint density at radius 3 is 2.90 bits per heavy atom. The first-order chi connectivity index (χ1) is 14.2. The van der Waals surface area contributed by atoms with Gasteiger partial charge in [-0.2, -0.15) is 0 Å². The van der Waals surface area contributed by atoms with Gasteiger partial charge < -0.3 is 15.4 Å². The van der Waals surface area contributed by atoms with E-state index in [1.807, 2.05) is 36.4 Å². The molecule has 1 saturated heterocycles. The van der Waals surface area contributed by atoms with Crippen LogP contribution in [0.1, 0.15) is 18.4 Å². The molecule has 1 atom stereocenters. The quantitative estimate of drug-likeness (QED) is 0.789. The van der Waals surface area contributed by atoms with Crippen molar-refractivity contribution in [3.05, 3.63) is 48.2 Å². The minimum atomic E-state index is -0.179. The fourth-order valence-corrected chi connectivity index (χ4v) is 4.37. The zero-order valence-electron chi connectivity index (χ0n) is 16.1. The van der Waals surface area contributed by atoms with Crippen molar-refractivity contribution in [1.29, 1.82) is 0 Å². The van der Waals surface area contributed by atoms with Gasteiger partial charge in [-0.05, 0) is 42.7 Å². The fraction of sp³-hybridized carbons (Fsp3) is 0.381. The summed E-state index contributed by atoms with van der Waals surface area (Å²) in [7, 11) is 0. The summed E-state index contributed by atoms with van der Waals surface area (Å²) in [5.74, 6) is 0.796. The van der Waals surface area contributed by atoms with E-state index in [-0.39, 0.29) is 18.0 Å². The van der Waals surface area contributed by atoms with E-state index < -0.39 is 0 Å². The van der Waals surface area contributed by atoms with Gasteiger partial charge >= 0.3 is 6.03 Å². The number of carbonyl (C=O) groups is 2. The summed E-state index contributed by atoms with van der Waals surface area (Å²) < 4.78 is 5.51. The van der Waals surface area contributed by atoms with Gasteiger partial charge in [0, 0.05) is 37.3 Å². The van der Waals surface area contributed by atoms with Gasteiger partial charge in [0.05, 0.1) is 18.2 Å². The lowest BCUT2D eigenvalue weighted by molar-refractivity contribution is -0.120. The van der Waals surface area contributed by atoms with Gasteiger partial charge in [-0.25, -0.2) is 9.78 Å². The van der Waals surface area contributed by atoms with Crippen LogP contribution in [0.2, 0.25) is 0 Å². The number of fused-ring (bicyclic) bond motifs is 1. The summed E-state index contributed by atoms with van der Waals surface area (Å²) in [6.45, 7) is 1.99. The molecule has 0 bridgehead atoms. The highest BCUT2D eigenvalue weighted by Crippen LogP contribution is 2.32. The van der Waals surface area contributed by atoms with Crippen LogP contribution in [0.15, 0.2) is 47.6 Å². The molecule has 3 amide bonds. The molecule has 29 heavy (non-hydrogen) atoms. The molecule has 8 heteroatoms. The number of thioether (sulfide) groups is 1. The topological polar surface area (TPSA) is 83.6 Å². The van der Waals surface area contributed by atoms with E-state index in [1.54, 1.807) is 22.9 Å². The maximum Gasteiger partial charge on any atom is 0.326 e. The van der Waals surface area contributed by atoms with Crippen LogP contribution in [0, 0.1) is 0 Å². The van der Waals surface area contributed by atoms with Gasteiger partial charge in [-0.15, -0.1) is 11.8 Å². The van der Waals surface area contributed by atoms with E-state index in [9.17, 15) is 9.59 Å². The Labute approximate surface area is 174 Å². The standard InChI is InChI=1S/C21H24N4O3S/c26-19(23-14-17-3-2-11-28-17)13-15-5-7-16(8-6-15)24-21(27)25-10-12-29-20-18(25)4-1-9-22-20/h1,4-9,17H,2-3,10-14H2,(H,23,26)(H,24,27)/t17-/m1/s1. The Kier molecular flexibility index (Phi) is 6.31. The van der Waals surface area contributed by atoms with Crippen LogP contribution < -0.4 is 15.5 Å². The van der Waals surface area contributed by atoms with Crippen LogP contribution in [0.25, 0.3) is 0 Å².